The van der Waals surface area contributed by atoms with Crippen molar-refractivity contribution in [3.63, 3.8) is 0 Å². The number of primary amides is 1. The summed E-state index contributed by atoms with van der Waals surface area (Å²) in [6.45, 7) is 0.872. The van der Waals surface area contributed by atoms with Gasteiger partial charge in [0.2, 0.25) is 0 Å². The monoisotopic (exact) mass is 227 g/mol. The van der Waals surface area contributed by atoms with Crippen LogP contribution in [-0.2, 0) is 0 Å². The van der Waals surface area contributed by atoms with Crippen LogP contribution in [0.3, 0.4) is 0 Å². The van der Waals surface area contributed by atoms with Gasteiger partial charge in [-0.25, -0.2) is 4.79 Å². The Morgan fingerprint density at radius 1 is 1.25 bits per heavy atom. The number of hydrogen-bond acceptors (Lipinski definition) is 2. The molecule has 0 radical (unpaired) electrons. The topological polar surface area (TPSA) is 106 Å². The van der Waals surface area contributed by atoms with Crippen molar-refractivity contribution in [2.75, 3.05) is 13.1 Å². The average Bonchev–Trinajstić information content (AvgIpc) is 2.25. The summed E-state index contributed by atoms with van der Waals surface area (Å²) in [6.07, 6.45) is 6.16. The zero-order valence-corrected chi connectivity index (χ0v) is 9.54. The lowest BCUT2D eigenvalue weighted by Crippen LogP contribution is -2.41. The Labute approximate surface area is 95.9 Å². The molecule has 6 nitrogen and oxygen atoms in total. The van der Waals surface area contributed by atoms with E-state index < -0.39 is 6.03 Å². The quantitative estimate of drug-likeness (QED) is 0.306. The first-order valence-electron chi connectivity index (χ1n) is 5.78. The molecule has 0 heterocycles. The van der Waals surface area contributed by atoms with Gasteiger partial charge in [0.25, 0.3) is 0 Å². The molecule has 0 spiro atoms. The van der Waals surface area contributed by atoms with Gasteiger partial charge in [-0.15, -0.1) is 0 Å². The molecule has 1 fully saturated rings. The number of carbonyl (C=O) groups excluding carboxylic acids is 1. The van der Waals surface area contributed by atoms with Crippen molar-refractivity contribution in [3.05, 3.63) is 0 Å². The molecule has 0 aromatic rings. The van der Waals surface area contributed by atoms with E-state index in [1.807, 2.05) is 0 Å². The van der Waals surface area contributed by atoms with Crippen LogP contribution in [0.4, 0.5) is 4.79 Å². The maximum atomic E-state index is 10.4. The highest BCUT2D eigenvalue weighted by molar-refractivity contribution is 5.78. The van der Waals surface area contributed by atoms with Crippen molar-refractivity contribution < 1.29 is 4.79 Å². The van der Waals surface area contributed by atoms with Gasteiger partial charge in [-0.2, -0.15) is 0 Å². The lowest BCUT2D eigenvalue weighted by molar-refractivity contribution is 0.249. The molecular formula is C10H21N5O. The average molecular weight is 227 g/mol. The highest BCUT2D eigenvalue weighted by Crippen LogP contribution is 2.16. The minimum atomic E-state index is -0.533. The number of rotatable bonds is 4. The summed E-state index contributed by atoms with van der Waals surface area (Å²) in [6, 6.07) is -0.0735. The highest BCUT2D eigenvalue weighted by Gasteiger charge is 2.12. The van der Waals surface area contributed by atoms with Crippen molar-refractivity contribution in [1.29, 1.82) is 0 Å². The minimum absolute atomic E-state index is 0.419. The molecule has 0 atom stereocenters. The molecule has 0 saturated heterocycles. The maximum absolute atomic E-state index is 10.4. The SMILES string of the molecule is NC(=O)NCCN=C(N)NC1CCCCC1. The predicted octanol–water partition coefficient (Wildman–Crippen LogP) is -0.108. The van der Waals surface area contributed by atoms with Gasteiger partial charge in [0.05, 0.1) is 6.54 Å². The van der Waals surface area contributed by atoms with Gasteiger partial charge in [-0.3, -0.25) is 4.99 Å². The van der Waals surface area contributed by atoms with E-state index >= 15 is 0 Å². The number of aliphatic imine (C=N–C) groups is 1. The normalized spacial score (nSPS) is 18.1. The van der Waals surface area contributed by atoms with Crippen LogP contribution < -0.4 is 22.1 Å². The number of nitrogens with two attached hydrogens (primary N) is 2. The Morgan fingerprint density at radius 3 is 2.56 bits per heavy atom. The van der Waals surface area contributed by atoms with Crippen molar-refractivity contribution in [2.24, 2.45) is 16.5 Å². The second-order valence-electron chi connectivity index (χ2n) is 4.04. The third-order valence-corrected chi connectivity index (χ3v) is 2.65. The molecule has 1 aliphatic carbocycles. The molecular weight excluding hydrogens is 206 g/mol. The smallest absolute Gasteiger partial charge is 0.312 e. The van der Waals surface area contributed by atoms with Crippen molar-refractivity contribution in [2.45, 2.75) is 38.1 Å². The Morgan fingerprint density at radius 2 is 1.94 bits per heavy atom. The highest BCUT2D eigenvalue weighted by atomic mass is 16.2. The van der Waals surface area contributed by atoms with E-state index in [1.54, 1.807) is 0 Å². The van der Waals surface area contributed by atoms with E-state index in [2.05, 4.69) is 15.6 Å². The van der Waals surface area contributed by atoms with Gasteiger partial charge in [-0.05, 0) is 12.8 Å². The van der Waals surface area contributed by atoms with E-state index in [-0.39, 0.29) is 0 Å². The van der Waals surface area contributed by atoms with Crippen LogP contribution >= 0.6 is 0 Å². The number of nitrogens with one attached hydrogen (secondary N) is 2. The Hall–Kier alpha value is -1.46. The molecule has 0 aromatic carbocycles. The van der Waals surface area contributed by atoms with Crippen LogP contribution in [0.15, 0.2) is 4.99 Å². The first kappa shape index (κ1) is 12.6. The molecule has 1 saturated carbocycles. The van der Waals surface area contributed by atoms with Crippen LogP contribution in [0.25, 0.3) is 0 Å². The van der Waals surface area contributed by atoms with E-state index in [0.717, 1.165) is 12.8 Å². The first-order chi connectivity index (χ1) is 7.68. The van der Waals surface area contributed by atoms with Crippen molar-refractivity contribution in [1.82, 2.24) is 10.6 Å². The molecule has 1 aliphatic rings. The summed E-state index contributed by atoms with van der Waals surface area (Å²) in [5.41, 5.74) is 10.6. The fraction of sp³-hybridized carbons (Fsp3) is 0.800. The second-order valence-corrected chi connectivity index (χ2v) is 4.04. The Bertz CT molecular complexity index is 248. The van der Waals surface area contributed by atoms with E-state index in [0.29, 0.717) is 25.1 Å². The lowest BCUT2D eigenvalue weighted by Gasteiger charge is -2.23. The number of carbonyl (C=O) groups is 1. The van der Waals surface area contributed by atoms with Gasteiger partial charge in [0.15, 0.2) is 5.96 Å². The maximum Gasteiger partial charge on any atom is 0.312 e. The second kappa shape index (κ2) is 6.92. The number of guanidine groups is 1. The van der Waals surface area contributed by atoms with Crippen LogP contribution in [-0.4, -0.2) is 31.1 Å². The minimum Gasteiger partial charge on any atom is -0.370 e. The van der Waals surface area contributed by atoms with Gasteiger partial charge in [0, 0.05) is 12.6 Å². The summed E-state index contributed by atoms with van der Waals surface area (Å²) in [5, 5.41) is 5.64. The van der Waals surface area contributed by atoms with E-state index in [9.17, 15) is 4.79 Å². The van der Waals surface area contributed by atoms with Crippen LogP contribution in [0.2, 0.25) is 0 Å². The van der Waals surface area contributed by atoms with Gasteiger partial charge in [0.1, 0.15) is 0 Å². The molecule has 92 valence electrons. The molecule has 2 amide bonds. The first-order valence-corrected chi connectivity index (χ1v) is 5.78. The summed E-state index contributed by atoms with van der Waals surface area (Å²) < 4.78 is 0. The third kappa shape index (κ3) is 5.43. The van der Waals surface area contributed by atoms with Gasteiger partial charge >= 0.3 is 6.03 Å². The molecule has 0 aromatic heterocycles. The van der Waals surface area contributed by atoms with Crippen molar-refractivity contribution >= 4 is 12.0 Å². The molecule has 6 N–H and O–H groups in total. The summed E-state index contributed by atoms with van der Waals surface area (Å²) in [5.74, 6) is 0.457. The molecule has 1 rings (SSSR count). The van der Waals surface area contributed by atoms with Crippen molar-refractivity contribution in [3.8, 4) is 0 Å². The molecule has 16 heavy (non-hydrogen) atoms. The van der Waals surface area contributed by atoms with Crippen LogP contribution in [0, 0.1) is 0 Å². The van der Waals surface area contributed by atoms with E-state index in [4.69, 9.17) is 11.5 Å². The molecule has 0 unspecified atom stereocenters. The summed E-state index contributed by atoms with van der Waals surface area (Å²) in [7, 11) is 0. The van der Waals surface area contributed by atoms with Crippen LogP contribution in [0.5, 0.6) is 0 Å². The fourth-order valence-electron chi connectivity index (χ4n) is 1.86. The van der Waals surface area contributed by atoms with E-state index in [1.165, 1.54) is 19.3 Å². The summed E-state index contributed by atoms with van der Waals surface area (Å²) >= 11 is 0. The standard InChI is InChI=1S/C10H21N5O/c11-9(13-6-7-14-10(12)16)15-8-4-2-1-3-5-8/h8H,1-7H2,(H3,11,13,15)(H3,12,14,16). The summed E-state index contributed by atoms with van der Waals surface area (Å²) in [4.78, 5) is 14.5. The largest absolute Gasteiger partial charge is 0.370 e. The number of amides is 2. The predicted molar refractivity (Wildman–Crippen MR) is 64.1 cm³/mol. The molecule has 0 aliphatic heterocycles. The number of hydrogen-bond donors (Lipinski definition) is 4. The third-order valence-electron chi connectivity index (χ3n) is 2.65. The number of nitrogens with zero attached hydrogens (tertiary/aromatic N) is 1. The zero-order chi connectivity index (χ0) is 11.8. The number of urea groups is 1. The molecule has 6 heteroatoms. The lowest BCUT2D eigenvalue weighted by atomic mass is 9.96. The Balaban J connectivity index is 2.14. The van der Waals surface area contributed by atoms with Gasteiger partial charge < -0.3 is 22.1 Å². The zero-order valence-electron chi connectivity index (χ0n) is 9.54. The molecule has 0 bridgehead atoms. The van der Waals surface area contributed by atoms with Crippen LogP contribution in [0.1, 0.15) is 32.1 Å². The van der Waals surface area contributed by atoms with Gasteiger partial charge in [-0.1, -0.05) is 19.3 Å². The fourth-order valence-corrected chi connectivity index (χ4v) is 1.86. The Kier molecular flexibility index (Phi) is 5.45.